The minimum Gasteiger partial charge on any atom is -0.481 e. The summed E-state index contributed by atoms with van der Waals surface area (Å²) >= 11 is 0. The molecule has 52 valence electrons. The van der Waals surface area contributed by atoms with Crippen LogP contribution in [0.3, 0.4) is 0 Å². The predicted molar refractivity (Wildman–Crippen MR) is 34.1 cm³/mol. The van der Waals surface area contributed by atoms with Crippen molar-refractivity contribution in [2.45, 2.75) is 20.8 Å². The van der Waals surface area contributed by atoms with E-state index in [2.05, 4.69) is 0 Å². The largest absolute Gasteiger partial charge is 0.481 e. The number of carboxylic acids is 1. The van der Waals surface area contributed by atoms with Crippen molar-refractivity contribution in [3.05, 3.63) is 0 Å². The Morgan fingerprint density at radius 1 is 1.56 bits per heavy atom. The fourth-order valence-corrected chi connectivity index (χ4v) is 1.43. The van der Waals surface area contributed by atoms with Gasteiger partial charge in [0.25, 0.3) is 0 Å². The van der Waals surface area contributed by atoms with Crippen LogP contribution in [0.2, 0.25) is 0 Å². The maximum absolute atomic E-state index is 10.4. The number of aliphatic carboxylic acids is 1. The fraction of sp³-hybridized carbons (Fsp3) is 0.857. The SMILES string of the molecule is CC1[C@@H](C(=O)O)C1(C)C. The molecule has 0 spiro atoms. The highest BCUT2D eigenvalue weighted by atomic mass is 16.4. The molecule has 1 N–H and O–H groups in total. The summed E-state index contributed by atoms with van der Waals surface area (Å²) in [5, 5.41) is 8.56. The molecule has 9 heavy (non-hydrogen) atoms. The second-order valence-corrected chi connectivity index (χ2v) is 3.43. The van der Waals surface area contributed by atoms with E-state index in [1.54, 1.807) is 0 Å². The molecule has 0 aromatic carbocycles. The molecule has 0 heterocycles. The highest BCUT2D eigenvalue weighted by molar-refractivity contribution is 5.75. The van der Waals surface area contributed by atoms with E-state index in [1.165, 1.54) is 0 Å². The highest BCUT2D eigenvalue weighted by Gasteiger charge is 2.59. The van der Waals surface area contributed by atoms with Crippen molar-refractivity contribution in [3.8, 4) is 0 Å². The van der Waals surface area contributed by atoms with Crippen LogP contribution in [0, 0.1) is 17.3 Å². The van der Waals surface area contributed by atoms with Crippen molar-refractivity contribution in [2.24, 2.45) is 17.3 Å². The Kier molecular flexibility index (Phi) is 1.09. The standard InChI is InChI=1S/C7H12O2/c1-4-5(6(8)9)7(4,2)3/h4-5H,1-3H3,(H,8,9)/t4?,5-/m0/s1. The molecule has 1 saturated carbocycles. The van der Waals surface area contributed by atoms with Gasteiger partial charge in [0.2, 0.25) is 0 Å². The van der Waals surface area contributed by atoms with E-state index in [0.717, 1.165) is 0 Å². The summed E-state index contributed by atoms with van der Waals surface area (Å²) in [4.78, 5) is 10.4. The van der Waals surface area contributed by atoms with E-state index in [0.29, 0.717) is 5.92 Å². The molecule has 0 bridgehead atoms. The third-order valence-corrected chi connectivity index (χ3v) is 2.63. The van der Waals surface area contributed by atoms with Gasteiger partial charge in [0.15, 0.2) is 0 Å². The molecule has 1 aliphatic carbocycles. The molecule has 0 radical (unpaired) electrons. The monoisotopic (exact) mass is 128 g/mol. The Balaban J connectivity index is 2.62. The normalized spacial score (nSPS) is 38.1. The van der Waals surface area contributed by atoms with E-state index in [4.69, 9.17) is 5.11 Å². The van der Waals surface area contributed by atoms with Gasteiger partial charge in [0, 0.05) is 0 Å². The zero-order valence-electron chi connectivity index (χ0n) is 6.01. The summed E-state index contributed by atoms with van der Waals surface area (Å²) in [5.41, 5.74) is 0.0475. The van der Waals surface area contributed by atoms with Crippen LogP contribution in [-0.2, 0) is 4.79 Å². The first-order valence-corrected chi connectivity index (χ1v) is 3.20. The molecule has 0 aliphatic heterocycles. The van der Waals surface area contributed by atoms with Crippen LogP contribution in [0.4, 0.5) is 0 Å². The van der Waals surface area contributed by atoms with Crippen LogP contribution in [0.1, 0.15) is 20.8 Å². The Morgan fingerprint density at radius 2 is 1.89 bits per heavy atom. The summed E-state index contributed by atoms with van der Waals surface area (Å²) in [6.07, 6.45) is 0. The van der Waals surface area contributed by atoms with E-state index in [-0.39, 0.29) is 11.3 Å². The molecule has 1 unspecified atom stereocenters. The average molecular weight is 128 g/mol. The highest BCUT2D eigenvalue weighted by Crippen LogP contribution is 2.57. The third kappa shape index (κ3) is 0.732. The third-order valence-electron chi connectivity index (χ3n) is 2.63. The van der Waals surface area contributed by atoms with Crippen LogP contribution in [0.25, 0.3) is 0 Å². The Hall–Kier alpha value is -0.530. The van der Waals surface area contributed by atoms with Crippen molar-refractivity contribution < 1.29 is 9.90 Å². The van der Waals surface area contributed by atoms with Gasteiger partial charge in [0.1, 0.15) is 0 Å². The lowest BCUT2D eigenvalue weighted by atomic mass is 10.1. The first-order valence-electron chi connectivity index (χ1n) is 3.20. The number of hydrogen-bond acceptors (Lipinski definition) is 1. The Bertz CT molecular complexity index is 149. The zero-order chi connectivity index (χ0) is 7.23. The maximum Gasteiger partial charge on any atom is 0.307 e. The van der Waals surface area contributed by atoms with Crippen LogP contribution in [0.5, 0.6) is 0 Å². The predicted octanol–water partition coefficient (Wildman–Crippen LogP) is 1.36. The molecular weight excluding hydrogens is 116 g/mol. The lowest BCUT2D eigenvalue weighted by Gasteiger charge is -1.95. The van der Waals surface area contributed by atoms with Crippen LogP contribution >= 0.6 is 0 Å². The molecule has 2 atom stereocenters. The van der Waals surface area contributed by atoms with Gasteiger partial charge in [-0.2, -0.15) is 0 Å². The van der Waals surface area contributed by atoms with Gasteiger partial charge in [-0.15, -0.1) is 0 Å². The van der Waals surface area contributed by atoms with Crippen molar-refractivity contribution in [2.75, 3.05) is 0 Å². The van der Waals surface area contributed by atoms with Crippen molar-refractivity contribution in [3.63, 3.8) is 0 Å². The van der Waals surface area contributed by atoms with Crippen LogP contribution in [0.15, 0.2) is 0 Å². The quantitative estimate of drug-likeness (QED) is 0.579. The average Bonchev–Trinajstić information content (AvgIpc) is 2.07. The van der Waals surface area contributed by atoms with Crippen LogP contribution in [-0.4, -0.2) is 11.1 Å². The van der Waals surface area contributed by atoms with Gasteiger partial charge in [-0.1, -0.05) is 20.8 Å². The van der Waals surface area contributed by atoms with Gasteiger partial charge >= 0.3 is 5.97 Å². The molecule has 0 aromatic rings. The zero-order valence-corrected chi connectivity index (χ0v) is 6.01. The maximum atomic E-state index is 10.4. The molecule has 2 heteroatoms. The van der Waals surface area contributed by atoms with Crippen molar-refractivity contribution in [1.29, 1.82) is 0 Å². The van der Waals surface area contributed by atoms with Gasteiger partial charge in [0.05, 0.1) is 5.92 Å². The lowest BCUT2D eigenvalue weighted by Crippen LogP contribution is -2.02. The number of carboxylic acid groups (broad SMARTS) is 1. The molecular formula is C7H12O2. The number of hydrogen-bond donors (Lipinski definition) is 1. The van der Waals surface area contributed by atoms with E-state index < -0.39 is 5.97 Å². The van der Waals surface area contributed by atoms with Crippen molar-refractivity contribution >= 4 is 5.97 Å². The van der Waals surface area contributed by atoms with Gasteiger partial charge in [-0.05, 0) is 11.3 Å². The topological polar surface area (TPSA) is 37.3 Å². The van der Waals surface area contributed by atoms with E-state index in [9.17, 15) is 4.79 Å². The second kappa shape index (κ2) is 1.49. The lowest BCUT2D eigenvalue weighted by molar-refractivity contribution is -0.139. The number of carbonyl (C=O) groups is 1. The summed E-state index contributed by atoms with van der Waals surface area (Å²) in [5.74, 6) is -0.389. The van der Waals surface area contributed by atoms with E-state index >= 15 is 0 Å². The molecule has 1 fully saturated rings. The molecule has 0 saturated heterocycles. The molecule has 1 aliphatic rings. The van der Waals surface area contributed by atoms with Crippen LogP contribution < -0.4 is 0 Å². The van der Waals surface area contributed by atoms with Gasteiger partial charge in [-0.25, -0.2) is 0 Å². The molecule has 2 nitrogen and oxygen atoms in total. The van der Waals surface area contributed by atoms with E-state index in [1.807, 2.05) is 20.8 Å². The Morgan fingerprint density at radius 3 is 1.89 bits per heavy atom. The Labute approximate surface area is 54.9 Å². The molecule has 0 aromatic heterocycles. The minimum atomic E-state index is -0.646. The summed E-state index contributed by atoms with van der Waals surface area (Å²) in [6.45, 7) is 5.98. The molecule has 1 rings (SSSR count). The second-order valence-electron chi connectivity index (χ2n) is 3.43. The number of rotatable bonds is 1. The fourth-order valence-electron chi connectivity index (χ4n) is 1.43. The molecule has 0 amide bonds. The van der Waals surface area contributed by atoms with Crippen molar-refractivity contribution in [1.82, 2.24) is 0 Å². The minimum absolute atomic E-state index is 0.0475. The summed E-state index contributed by atoms with van der Waals surface area (Å²) in [6, 6.07) is 0. The van der Waals surface area contributed by atoms with Gasteiger partial charge in [-0.3, -0.25) is 4.79 Å². The summed E-state index contributed by atoms with van der Waals surface area (Å²) < 4.78 is 0. The first kappa shape index (κ1) is 6.59. The van der Waals surface area contributed by atoms with Gasteiger partial charge < -0.3 is 5.11 Å². The first-order chi connectivity index (χ1) is 3.98. The smallest absolute Gasteiger partial charge is 0.307 e. The summed E-state index contributed by atoms with van der Waals surface area (Å²) in [7, 11) is 0.